The highest BCUT2D eigenvalue weighted by molar-refractivity contribution is 5.41. The summed E-state index contributed by atoms with van der Waals surface area (Å²) in [4.78, 5) is 4.24. The van der Waals surface area contributed by atoms with Gasteiger partial charge < -0.3 is 5.32 Å². The van der Waals surface area contributed by atoms with E-state index in [1.165, 1.54) is 5.56 Å². The monoisotopic (exact) mass is 230 g/mol. The van der Waals surface area contributed by atoms with Crippen LogP contribution in [0.4, 0.5) is 5.69 Å². The van der Waals surface area contributed by atoms with Gasteiger partial charge in [0.1, 0.15) is 0 Å². The fourth-order valence-electron chi connectivity index (χ4n) is 1.63. The lowest BCUT2D eigenvalue weighted by molar-refractivity contribution is 0.602. The first kappa shape index (κ1) is 11.6. The summed E-state index contributed by atoms with van der Waals surface area (Å²) in [5.74, 6) is 0. The van der Waals surface area contributed by atoms with Crippen molar-refractivity contribution in [1.82, 2.24) is 14.8 Å². The minimum Gasteiger partial charge on any atom is -0.380 e. The van der Waals surface area contributed by atoms with Crippen LogP contribution in [0.25, 0.3) is 0 Å². The molecule has 0 aliphatic heterocycles. The van der Waals surface area contributed by atoms with Crippen LogP contribution in [0.1, 0.15) is 24.6 Å². The fraction of sp³-hybridized carbons (Fsp3) is 0.385. The third-order valence-corrected chi connectivity index (χ3v) is 2.55. The van der Waals surface area contributed by atoms with Crippen LogP contribution in [0.15, 0.2) is 30.7 Å². The number of anilines is 1. The molecule has 90 valence electrons. The Morgan fingerprint density at radius 1 is 1.29 bits per heavy atom. The summed E-state index contributed by atoms with van der Waals surface area (Å²) in [7, 11) is 0. The van der Waals surface area contributed by atoms with E-state index in [1.807, 2.05) is 36.1 Å². The van der Waals surface area contributed by atoms with Crippen molar-refractivity contribution in [3.8, 4) is 0 Å². The maximum absolute atomic E-state index is 4.29. The van der Waals surface area contributed by atoms with Crippen LogP contribution in [0.3, 0.4) is 0 Å². The molecular formula is C13H18N4. The summed E-state index contributed by atoms with van der Waals surface area (Å²) in [5, 5.41) is 7.62. The maximum atomic E-state index is 4.29. The molecule has 0 saturated carbocycles. The molecule has 0 atom stereocenters. The highest BCUT2D eigenvalue weighted by atomic mass is 15.3. The highest BCUT2D eigenvalue weighted by Gasteiger charge is 1.98. The quantitative estimate of drug-likeness (QED) is 0.858. The van der Waals surface area contributed by atoms with Crippen molar-refractivity contribution in [2.45, 2.75) is 33.4 Å². The molecule has 0 spiro atoms. The van der Waals surface area contributed by atoms with Crippen molar-refractivity contribution in [2.24, 2.45) is 0 Å². The summed E-state index contributed by atoms with van der Waals surface area (Å²) in [5.41, 5.74) is 3.27. The van der Waals surface area contributed by atoms with E-state index in [9.17, 15) is 0 Å². The zero-order valence-corrected chi connectivity index (χ0v) is 10.3. The van der Waals surface area contributed by atoms with E-state index in [1.54, 1.807) is 0 Å². The zero-order chi connectivity index (χ0) is 12.1. The topological polar surface area (TPSA) is 42.7 Å². The summed E-state index contributed by atoms with van der Waals surface area (Å²) < 4.78 is 1.98. The van der Waals surface area contributed by atoms with Gasteiger partial charge in [-0.05, 0) is 25.5 Å². The van der Waals surface area contributed by atoms with Gasteiger partial charge in [-0.1, -0.05) is 6.92 Å². The number of rotatable bonds is 5. The second-order valence-electron chi connectivity index (χ2n) is 4.15. The van der Waals surface area contributed by atoms with E-state index >= 15 is 0 Å². The normalized spacial score (nSPS) is 10.5. The van der Waals surface area contributed by atoms with Gasteiger partial charge in [-0.15, -0.1) is 0 Å². The molecule has 0 fully saturated rings. The molecule has 2 heterocycles. The predicted octanol–water partition coefficient (Wildman–Crippen LogP) is 2.61. The van der Waals surface area contributed by atoms with Gasteiger partial charge >= 0.3 is 0 Å². The second-order valence-corrected chi connectivity index (χ2v) is 4.15. The molecule has 4 heteroatoms. The van der Waals surface area contributed by atoms with Crippen molar-refractivity contribution >= 4 is 5.69 Å². The number of hydrogen-bond acceptors (Lipinski definition) is 3. The van der Waals surface area contributed by atoms with Crippen LogP contribution >= 0.6 is 0 Å². The molecule has 0 saturated heterocycles. The van der Waals surface area contributed by atoms with Crippen LogP contribution in [-0.4, -0.2) is 14.8 Å². The smallest absolute Gasteiger partial charge is 0.0539 e. The Morgan fingerprint density at radius 2 is 2.18 bits per heavy atom. The first-order chi connectivity index (χ1) is 8.28. The van der Waals surface area contributed by atoms with Crippen molar-refractivity contribution in [2.75, 3.05) is 5.32 Å². The average Bonchev–Trinajstić information content (AvgIpc) is 2.77. The van der Waals surface area contributed by atoms with Crippen molar-refractivity contribution in [3.63, 3.8) is 0 Å². The van der Waals surface area contributed by atoms with Crippen LogP contribution in [0, 0.1) is 6.92 Å². The number of nitrogens with one attached hydrogen (secondary N) is 1. The standard InChI is InChI=1S/C13H18N4/c1-3-6-17-10-12(8-16-17)7-15-13-5-4-11(2)14-9-13/h4-5,8-10,15H,3,6-7H2,1-2H3. The Labute approximate surface area is 102 Å². The predicted molar refractivity (Wildman–Crippen MR) is 68.8 cm³/mol. The molecule has 0 aliphatic rings. The summed E-state index contributed by atoms with van der Waals surface area (Å²) >= 11 is 0. The molecule has 0 unspecified atom stereocenters. The number of hydrogen-bond donors (Lipinski definition) is 1. The molecule has 0 amide bonds. The third-order valence-electron chi connectivity index (χ3n) is 2.55. The molecule has 2 aromatic rings. The molecule has 1 N–H and O–H groups in total. The zero-order valence-electron chi connectivity index (χ0n) is 10.3. The lowest BCUT2D eigenvalue weighted by Crippen LogP contribution is -1.99. The van der Waals surface area contributed by atoms with E-state index in [4.69, 9.17) is 0 Å². The number of nitrogens with zero attached hydrogens (tertiary/aromatic N) is 3. The van der Waals surface area contributed by atoms with E-state index in [-0.39, 0.29) is 0 Å². The van der Waals surface area contributed by atoms with Gasteiger partial charge in [0.25, 0.3) is 0 Å². The molecule has 0 aromatic carbocycles. The summed E-state index contributed by atoms with van der Waals surface area (Å²) in [6.45, 7) is 5.90. The van der Waals surface area contributed by atoms with Crippen molar-refractivity contribution in [1.29, 1.82) is 0 Å². The van der Waals surface area contributed by atoms with Gasteiger partial charge in [0.05, 0.1) is 18.1 Å². The Balaban J connectivity index is 1.90. The van der Waals surface area contributed by atoms with Gasteiger partial charge in [0, 0.05) is 30.5 Å². The molecule has 4 nitrogen and oxygen atoms in total. The first-order valence-corrected chi connectivity index (χ1v) is 5.96. The molecule has 2 aromatic heterocycles. The molecule has 0 bridgehead atoms. The lowest BCUT2D eigenvalue weighted by Gasteiger charge is -2.04. The van der Waals surface area contributed by atoms with E-state index < -0.39 is 0 Å². The molecule has 0 radical (unpaired) electrons. The van der Waals surface area contributed by atoms with Gasteiger partial charge in [0.2, 0.25) is 0 Å². The van der Waals surface area contributed by atoms with Gasteiger partial charge in [-0.25, -0.2) is 0 Å². The number of pyridine rings is 1. The van der Waals surface area contributed by atoms with E-state index in [2.05, 4.69) is 28.5 Å². The number of aryl methyl sites for hydroxylation is 2. The van der Waals surface area contributed by atoms with Crippen LogP contribution in [0.2, 0.25) is 0 Å². The highest BCUT2D eigenvalue weighted by Crippen LogP contribution is 2.08. The van der Waals surface area contributed by atoms with Crippen LogP contribution < -0.4 is 5.32 Å². The summed E-state index contributed by atoms with van der Waals surface area (Å²) in [6.07, 6.45) is 6.95. The van der Waals surface area contributed by atoms with Gasteiger partial charge in [-0.2, -0.15) is 5.10 Å². The molecule has 0 aliphatic carbocycles. The number of aromatic nitrogens is 3. The second kappa shape index (κ2) is 5.48. The summed E-state index contributed by atoms with van der Waals surface area (Å²) in [6, 6.07) is 4.04. The van der Waals surface area contributed by atoms with Crippen molar-refractivity contribution in [3.05, 3.63) is 42.0 Å². The van der Waals surface area contributed by atoms with Gasteiger partial charge in [-0.3, -0.25) is 9.67 Å². The lowest BCUT2D eigenvalue weighted by atomic mass is 10.3. The fourth-order valence-corrected chi connectivity index (χ4v) is 1.63. The van der Waals surface area contributed by atoms with Crippen LogP contribution in [0.5, 0.6) is 0 Å². The molecule has 2 rings (SSSR count). The van der Waals surface area contributed by atoms with Crippen LogP contribution in [-0.2, 0) is 13.1 Å². The Morgan fingerprint density at radius 3 is 2.88 bits per heavy atom. The Bertz CT molecular complexity index is 459. The maximum Gasteiger partial charge on any atom is 0.0539 e. The van der Waals surface area contributed by atoms with Crippen molar-refractivity contribution < 1.29 is 0 Å². The molecular weight excluding hydrogens is 212 g/mol. The minimum absolute atomic E-state index is 0.786. The molecule has 17 heavy (non-hydrogen) atoms. The van der Waals surface area contributed by atoms with E-state index in [0.717, 1.165) is 30.9 Å². The first-order valence-electron chi connectivity index (χ1n) is 5.96. The van der Waals surface area contributed by atoms with Gasteiger partial charge in [0.15, 0.2) is 0 Å². The third kappa shape index (κ3) is 3.31. The largest absolute Gasteiger partial charge is 0.380 e. The average molecular weight is 230 g/mol. The minimum atomic E-state index is 0.786. The SMILES string of the molecule is CCCn1cc(CNc2ccc(C)nc2)cn1. The van der Waals surface area contributed by atoms with E-state index in [0.29, 0.717) is 0 Å². The Kier molecular flexibility index (Phi) is 3.75. The Hall–Kier alpha value is -1.84.